The van der Waals surface area contributed by atoms with E-state index in [1.165, 1.54) is 0 Å². The van der Waals surface area contributed by atoms with Crippen molar-refractivity contribution in [3.05, 3.63) is 29.0 Å². The van der Waals surface area contributed by atoms with E-state index in [0.717, 1.165) is 17.1 Å². The van der Waals surface area contributed by atoms with Gasteiger partial charge in [-0.1, -0.05) is 30.6 Å². The van der Waals surface area contributed by atoms with E-state index in [9.17, 15) is 0 Å². The predicted octanol–water partition coefficient (Wildman–Crippen LogP) is 4.27. The van der Waals surface area contributed by atoms with Crippen molar-refractivity contribution in [2.75, 3.05) is 11.5 Å². The molecule has 1 saturated heterocycles. The lowest BCUT2D eigenvalue weighted by molar-refractivity contribution is 0.423. The monoisotopic (exact) mass is 341 g/mol. The van der Waals surface area contributed by atoms with Gasteiger partial charge in [-0.25, -0.2) is 0 Å². The topological polar surface area (TPSA) is 64.9 Å². The Hall–Kier alpha value is -0.850. The molecule has 1 aliphatic rings. The third-order valence-electron chi connectivity index (χ3n) is 3.53. The molecule has 2 aromatic rings. The van der Waals surface area contributed by atoms with Crippen LogP contribution in [0.1, 0.15) is 24.9 Å². The highest BCUT2D eigenvalue weighted by molar-refractivity contribution is 8.07. The fraction of sp³-hybridized carbons (Fsp3) is 0.429. The number of benzene rings is 1. The molecule has 2 heterocycles. The van der Waals surface area contributed by atoms with Gasteiger partial charge in [-0.05, 0) is 18.2 Å². The third kappa shape index (κ3) is 3.17. The van der Waals surface area contributed by atoms with Gasteiger partial charge in [0.2, 0.25) is 0 Å². The lowest BCUT2D eigenvalue weighted by Gasteiger charge is -2.29. The number of anilines is 1. The molecule has 1 aromatic carbocycles. The Kier molecular flexibility index (Phi) is 4.38. The molecule has 3 atom stereocenters. The molecule has 0 aliphatic carbocycles. The van der Waals surface area contributed by atoms with Gasteiger partial charge >= 0.3 is 0 Å². The summed E-state index contributed by atoms with van der Waals surface area (Å²) in [5.74, 6) is 2.26. The first kappa shape index (κ1) is 15.1. The number of hydrogen-bond donors (Lipinski definition) is 1. The SMILES string of the molecule is CC1SCC(c2noc(-c3ccc(N)c(Cl)c3)n2)SC1C. The van der Waals surface area contributed by atoms with E-state index in [0.29, 0.717) is 27.1 Å². The fourth-order valence-electron chi connectivity index (χ4n) is 2.06. The number of nitrogens with zero attached hydrogens (tertiary/aromatic N) is 2. The smallest absolute Gasteiger partial charge is 0.258 e. The first-order valence-electron chi connectivity index (χ1n) is 6.70. The average Bonchev–Trinajstić information content (AvgIpc) is 2.94. The minimum Gasteiger partial charge on any atom is -0.398 e. The Morgan fingerprint density at radius 3 is 2.86 bits per heavy atom. The van der Waals surface area contributed by atoms with E-state index in [4.69, 9.17) is 21.9 Å². The highest BCUT2D eigenvalue weighted by atomic mass is 35.5. The lowest BCUT2D eigenvalue weighted by Crippen LogP contribution is -2.22. The number of rotatable bonds is 2. The second kappa shape index (κ2) is 6.10. The highest BCUT2D eigenvalue weighted by Gasteiger charge is 2.30. The van der Waals surface area contributed by atoms with Crippen LogP contribution in [-0.4, -0.2) is 26.4 Å². The number of nitrogens with two attached hydrogens (primary N) is 1. The normalized spacial score (nSPS) is 26.0. The van der Waals surface area contributed by atoms with Crippen LogP contribution in [0.4, 0.5) is 5.69 Å². The third-order valence-corrected chi connectivity index (χ3v) is 7.24. The van der Waals surface area contributed by atoms with Gasteiger partial charge in [0.1, 0.15) is 0 Å². The van der Waals surface area contributed by atoms with Gasteiger partial charge in [0, 0.05) is 21.8 Å². The summed E-state index contributed by atoms with van der Waals surface area (Å²) in [6.45, 7) is 4.51. The zero-order valence-electron chi connectivity index (χ0n) is 11.7. The molecule has 1 fully saturated rings. The van der Waals surface area contributed by atoms with Crippen LogP contribution in [0.3, 0.4) is 0 Å². The van der Waals surface area contributed by atoms with E-state index in [1.807, 2.05) is 29.6 Å². The second-order valence-electron chi connectivity index (χ2n) is 5.06. The maximum absolute atomic E-state index is 6.03. The molecule has 0 radical (unpaired) electrons. The Bertz CT molecular complexity index is 649. The van der Waals surface area contributed by atoms with Gasteiger partial charge in [0.05, 0.1) is 16.0 Å². The summed E-state index contributed by atoms with van der Waals surface area (Å²) in [5.41, 5.74) is 7.05. The zero-order chi connectivity index (χ0) is 15.0. The second-order valence-corrected chi connectivity index (χ2v) is 8.46. The van der Waals surface area contributed by atoms with Crippen molar-refractivity contribution < 1.29 is 4.52 Å². The minimum absolute atomic E-state index is 0.281. The largest absolute Gasteiger partial charge is 0.398 e. The average molecular weight is 342 g/mol. The van der Waals surface area contributed by atoms with E-state index in [-0.39, 0.29) is 5.25 Å². The predicted molar refractivity (Wildman–Crippen MR) is 90.9 cm³/mol. The quantitative estimate of drug-likeness (QED) is 0.823. The van der Waals surface area contributed by atoms with Crippen molar-refractivity contribution in [3.8, 4) is 11.5 Å². The van der Waals surface area contributed by atoms with Crippen molar-refractivity contribution in [2.24, 2.45) is 0 Å². The van der Waals surface area contributed by atoms with Gasteiger partial charge < -0.3 is 10.3 Å². The summed E-state index contributed by atoms with van der Waals surface area (Å²) >= 11 is 9.90. The van der Waals surface area contributed by atoms with Crippen molar-refractivity contribution in [1.29, 1.82) is 0 Å². The van der Waals surface area contributed by atoms with Crippen LogP contribution in [0.15, 0.2) is 22.7 Å². The number of halogens is 1. The van der Waals surface area contributed by atoms with Crippen LogP contribution in [0.25, 0.3) is 11.5 Å². The molecule has 0 amide bonds. The molecule has 4 nitrogen and oxygen atoms in total. The number of aromatic nitrogens is 2. The Morgan fingerprint density at radius 1 is 1.33 bits per heavy atom. The number of hydrogen-bond acceptors (Lipinski definition) is 6. The molecule has 0 saturated carbocycles. The van der Waals surface area contributed by atoms with Crippen LogP contribution in [-0.2, 0) is 0 Å². The molecule has 7 heteroatoms. The minimum atomic E-state index is 0.281. The first-order chi connectivity index (χ1) is 10.0. The molecule has 3 unspecified atom stereocenters. The summed E-state index contributed by atoms with van der Waals surface area (Å²) in [7, 11) is 0. The molecule has 0 bridgehead atoms. The molecule has 112 valence electrons. The van der Waals surface area contributed by atoms with E-state index < -0.39 is 0 Å². The standard InChI is InChI=1S/C14H16ClN3OS2/c1-7-8(2)21-12(6-20-7)13-17-14(19-18-13)9-3-4-11(16)10(15)5-9/h3-5,7-8,12H,6,16H2,1-2H3. The summed E-state index contributed by atoms with van der Waals surface area (Å²) < 4.78 is 5.38. The van der Waals surface area contributed by atoms with Crippen molar-refractivity contribution in [1.82, 2.24) is 10.1 Å². The van der Waals surface area contributed by atoms with Gasteiger partial charge in [-0.3, -0.25) is 0 Å². The maximum atomic E-state index is 6.03. The van der Waals surface area contributed by atoms with E-state index in [2.05, 4.69) is 24.0 Å². The van der Waals surface area contributed by atoms with Gasteiger partial charge in [0.15, 0.2) is 5.82 Å². The van der Waals surface area contributed by atoms with Crippen LogP contribution in [0, 0.1) is 0 Å². The molecular weight excluding hydrogens is 326 g/mol. The summed E-state index contributed by atoms with van der Waals surface area (Å²) in [6.07, 6.45) is 0. The number of nitrogen functional groups attached to an aromatic ring is 1. The molecule has 3 rings (SSSR count). The first-order valence-corrected chi connectivity index (χ1v) is 9.07. The van der Waals surface area contributed by atoms with E-state index in [1.54, 1.807) is 12.1 Å². The molecule has 1 aromatic heterocycles. The molecular formula is C14H16ClN3OS2. The molecule has 0 spiro atoms. The summed E-state index contributed by atoms with van der Waals surface area (Å²) in [5, 5.41) is 6.16. The van der Waals surface area contributed by atoms with Crippen LogP contribution < -0.4 is 5.73 Å². The van der Waals surface area contributed by atoms with Crippen LogP contribution in [0.5, 0.6) is 0 Å². The van der Waals surface area contributed by atoms with Crippen molar-refractivity contribution in [3.63, 3.8) is 0 Å². The Morgan fingerprint density at radius 2 is 2.14 bits per heavy atom. The van der Waals surface area contributed by atoms with Gasteiger partial charge in [-0.2, -0.15) is 16.7 Å². The van der Waals surface area contributed by atoms with Crippen LogP contribution >= 0.6 is 35.1 Å². The van der Waals surface area contributed by atoms with Gasteiger partial charge in [0.25, 0.3) is 5.89 Å². The summed E-state index contributed by atoms with van der Waals surface area (Å²) in [4.78, 5) is 4.52. The molecule has 21 heavy (non-hydrogen) atoms. The van der Waals surface area contributed by atoms with Crippen LogP contribution in [0.2, 0.25) is 5.02 Å². The Labute approximate surface area is 137 Å². The van der Waals surface area contributed by atoms with Gasteiger partial charge in [-0.15, -0.1) is 11.8 Å². The summed E-state index contributed by atoms with van der Waals surface area (Å²) in [6, 6.07) is 5.34. The zero-order valence-corrected chi connectivity index (χ0v) is 14.1. The maximum Gasteiger partial charge on any atom is 0.258 e. The van der Waals surface area contributed by atoms with E-state index >= 15 is 0 Å². The van der Waals surface area contributed by atoms with Crippen molar-refractivity contribution in [2.45, 2.75) is 29.6 Å². The molecule has 1 aliphatic heterocycles. The highest BCUT2D eigenvalue weighted by Crippen LogP contribution is 2.43. The van der Waals surface area contributed by atoms with Crippen molar-refractivity contribution >= 4 is 40.8 Å². The lowest BCUT2D eigenvalue weighted by atomic mass is 10.2. The molecule has 2 N–H and O–H groups in total. The number of thioether (sulfide) groups is 2. The fourth-order valence-corrected chi connectivity index (χ4v) is 5.08. The Balaban J connectivity index is 1.81.